The second-order valence-corrected chi connectivity index (χ2v) is 7.93. The van der Waals surface area contributed by atoms with Gasteiger partial charge in [-0.2, -0.15) is 0 Å². The van der Waals surface area contributed by atoms with Crippen molar-refractivity contribution in [2.45, 2.75) is 0 Å². The summed E-state index contributed by atoms with van der Waals surface area (Å²) in [6.07, 6.45) is 0. The Hall–Kier alpha value is -2.48. The lowest BCUT2D eigenvalue weighted by atomic mass is 10.2. The number of aromatic nitrogens is 2. The molecule has 5 heteroatoms. The molecule has 0 spiro atoms. The van der Waals surface area contributed by atoms with E-state index in [1.807, 2.05) is 60.7 Å². The van der Waals surface area contributed by atoms with Crippen molar-refractivity contribution in [2.75, 3.05) is 0 Å². The molecule has 0 unspecified atom stereocenters. The van der Waals surface area contributed by atoms with E-state index in [1.165, 1.54) is 10.6 Å². The van der Waals surface area contributed by atoms with Crippen molar-refractivity contribution >= 4 is 35.8 Å². The molecule has 0 saturated carbocycles. The van der Waals surface area contributed by atoms with E-state index in [0.717, 1.165) is 5.56 Å². The van der Waals surface area contributed by atoms with Crippen LogP contribution in [0.4, 0.5) is 0 Å². The molecule has 0 atom stereocenters. The Morgan fingerprint density at radius 1 is 0.680 bits per heavy atom. The van der Waals surface area contributed by atoms with Crippen molar-refractivity contribution in [1.29, 1.82) is 0 Å². The Balaban J connectivity index is 1.77. The van der Waals surface area contributed by atoms with Crippen molar-refractivity contribution in [1.82, 2.24) is 10.2 Å². The summed E-state index contributed by atoms with van der Waals surface area (Å²) in [5, 5.41) is 11.6. The van der Waals surface area contributed by atoms with Crippen LogP contribution >= 0.6 is 19.5 Å². The van der Waals surface area contributed by atoms with Gasteiger partial charge < -0.3 is 4.42 Å². The molecule has 0 saturated heterocycles. The fraction of sp³-hybridized carbons (Fsp3) is 0. The van der Waals surface area contributed by atoms with Gasteiger partial charge in [0.15, 0.2) is 0 Å². The van der Waals surface area contributed by atoms with Crippen molar-refractivity contribution in [3.8, 4) is 11.5 Å². The van der Waals surface area contributed by atoms with Crippen LogP contribution in [0.15, 0.2) is 89.3 Å². The lowest BCUT2D eigenvalue weighted by molar-refractivity contribution is 0.606. The van der Waals surface area contributed by atoms with Crippen LogP contribution in [0.2, 0.25) is 5.02 Å². The van der Waals surface area contributed by atoms with E-state index >= 15 is 0 Å². The maximum atomic E-state index is 6.04. The molecule has 0 amide bonds. The first kappa shape index (κ1) is 16.0. The fourth-order valence-corrected chi connectivity index (χ4v) is 4.66. The summed E-state index contributed by atoms with van der Waals surface area (Å²) in [4.78, 5) is 0. The third-order valence-electron chi connectivity index (χ3n) is 3.73. The van der Waals surface area contributed by atoms with Crippen LogP contribution in [-0.2, 0) is 0 Å². The first-order valence-electron chi connectivity index (χ1n) is 7.81. The van der Waals surface area contributed by atoms with E-state index < -0.39 is 7.92 Å². The van der Waals surface area contributed by atoms with Gasteiger partial charge in [-0.05, 0) is 34.9 Å². The van der Waals surface area contributed by atoms with Gasteiger partial charge in [-0.1, -0.05) is 72.3 Å². The van der Waals surface area contributed by atoms with Crippen molar-refractivity contribution in [2.24, 2.45) is 0 Å². The van der Waals surface area contributed by atoms with E-state index in [0.29, 0.717) is 16.5 Å². The average Bonchev–Trinajstić information content (AvgIpc) is 3.14. The molecule has 0 N–H and O–H groups in total. The first-order valence-corrected chi connectivity index (χ1v) is 9.53. The number of hydrogen-bond donors (Lipinski definition) is 0. The zero-order valence-corrected chi connectivity index (χ0v) is 14.9. The lowest BCUT2D eigenvalue weighted by Gasteiger charge is -2.13. The molecule has 0 radical (unpaired) electrons. The highest BCUT2D eigenvalue weighted by molar-refractivity contribution is 7.79. The third kappa shape index (κ3) is 3.48. The minimum Gasteiger partial charge on any atom is -0.416 e. The maximum Gasteiger partial charge on any atom is 0.248 e. The SMILES string of the molecule is Clc1ccc(-c2nnc(P(c3ccccc3)c3ccccc3)o2)cc1. The van der Waals surface area contributed by atoms with Gasteiger partial charge in [0.1, 0.15) is 0 Å². The first-order chi connectivity index (χ1) is 12.3. The smallest absolute Gasteiger partial charge is 0.248 e. The number of hydrogen-bond acceptors (Lipinski definition) is 3. The van der Waals surface area contributed by atoms with Crippen molar-refractivity contribution in [3.63, 3.8) is 0 Å². The lowest BCUT2D eigenvalue weighted by Crippen LogP contribution is -2.21. The summed E-state index contributed by atoms with van der Waals surface area (Å²) in [5.41, 5.74) is 1.50. The number of rotatable bonds is 4. The van der Waals surface area contributed by atoms with E-state index in [1.54, 1.807) is 0 Å². The predicted octanol–water partition coefficient (Wildman–Crippen LogP) is 4.15. The fourth-order valence-electron chi connectivity index (χ4n) is 2.54. The van der Waals surface area contributed by atoms with E-state index in [9.17, 15) is 0 Å². The highest BCUT2D eigenvalue weighted by Gasteiger charge is 2.23. The highest BCUT2D eigenvalue weighted by atomic mass is 35.5. The van der Waals surface area contributed by atoms with Gasteiger partial charge >= 0.3 is 0 Å². The number of nitrogens with zero attached hydrogens (tertiary/aromatic N) is 2. The molecular weight excluding hydrogens is 351 g/mol. The summed E-state index contributed by atoms with van der Waals surface area (Å²) in [6.45, 7) is 0. The van der Waals surface area contributed by atoms with Crippen LogP contribution in [0.1, 0.15) is 0 Å². The van der Waals surface area contributed by atoms with Crippen LogP contribution in [-0.4, -0.2) is 10.2 Å². The Morgan fingerprint density at radius 3 is 1.80 bits per heavy atom. The summed E-state index contributed by atoms with van der Waals surface area (Å²) >= 11 is 5.95. The molecule has 1 heterocycles. The molecule has 4 rings (SSSR count). The summed E-state index contributed by atoms with van der Waals surface area (Å²) < 4.78 is 6.04. The predicted molar refractivity (Wildman–Crippen MR) is 103 cm³/mol. The summed E-state index contributed by atoms with van der Waals surface area (Å²) in [7, 11) is -0.888. The van der Waals surface area contributed by atoms with E-state index in [-0.39, 0.29) is 0 Å². The molecular formula is C20H14ClN2OP. The molecule has 1 aromatic heterocycles. The van der Waals surface area contributed by atoms with Crippen molar-refractivity contribution < 1.29 is 4.42 Å². The van der Waals surface area contributed by atoms with Crippen LogP contribution < -0.4 is 16.2 Å². The Kier molecular flexibility index (Phi) is 4.60. The van der Waals surface area contributed by atoms with Crippen LogP contribution in [0.3, 0.4) is 0 Å². The van der Waals surface area contributed by atoms with Gasteiger partial charge in [-0.15, -0.1) is 10.2 Å². The molecule has 3 aromatic carbocycles. The maximum absolute atomic E-state index is 6.04. The minimum atomic E-state index is -0.888. The molecule has 25 heavy (non-hydrogen) atoms. The molecule has 0 aliphatic carbocycles. The van der Waals surface area contributed by atoms with E-state index in [4.69, 9.17) is 16.0 Å². The Bertz CT molecular complexity index is 916. The number of benzene rings is 3. The standard InChI is InChI=1S/C20H14ClN2OP/c21-16-13-11-15(12-14-16)19-22-23-20(24-19)25(17-7-3-1-4-8-17)18-9-5-2-6-10-18/h1-14H. The second kappa shape index (κ2) is 7.18. The molecule has 0 aliphatic heterocycles. The van der Waals surface area contributed by atoms with Crippen LogP contribution in [0.25, 0.3) is 11.5 Å². The van der Waals surface area contributed by atoms with Crippen molar-refractivity contribution in [3.05, 3.63) is 90.0 Å². The largest absolute Gasteiger partial charge is 0.416 e. The molecule has 0 bridgehead atoms. The van der Waals surface area contributed by atoms with Gasteiger partial charge in [-0.25, -0.2) is 0 Å². The second-order valence-electron chi connectivity index (χ2n) is 5.40. The van der Waals surface area contributed by atoms with Gasteiger partial charge in [-0.3, -0.25) is 0 Å². The van der Waals surface area contributed by atoms with Crippen LogP contribution in [0.5, 0.6) is 0 Å². The Labute approximate surface area is 152 Å². The van der Waals surface area contributed by atoms with Gasteiger partial charge in [0, 0.05) is 18.5 Å². The third-order valence-corrected chi connectivity index (χ3v) is 6.17. The molecule has 4 aromatic rings. The number of halogens is 1. The molecule has 0 aliphatic rings. The summed E-state index contributed by atoms with van der Waals surface area (Å²) in [6, 6.07) is 28.0. The molecule has 122 valence electrons. The Morgan fingerprint density at radius 2 is 1.24 bits per heavy atom. The highest BCUT2D eigenvalue weighted by Crippen LogP contribution is 2.33. The zero-order chi connectivity index (χ0) is 17.1. The van der Waals surface area contributed by atoms with E-state index in [2.05, 4.69) is 34.5 Å². The molecule has 0 fully saturated rings. The average molecular weight is 365 g/mol. The minimum absolute atomic E-state index is 0.506. The monoisotopic (exact) mass is 364 g/mol. The topological polar surface area (TPSA) is 38.9 Å². The van der Waals surface area contributed by atoms with Gasteiger partial charge in [0.05, 0.1) is 0 Å². The normalized spacial score (nSPS) is 11.0. The van der Waals surface area contributed by atoms with Crippen LogP contribution in [0, 0.1) is 0 Å². The quantitative estimate of drug-likeness (QED) is 0.511. The van der Waals surface area contributed by atoms with Gasteiger partial charge in [0.2, 0.25) is 11.5 Å². The van der Waals surface area contributed by atoms with Gasteiger partial charge in [0.25, 0.3) is 0 Å². The summed E-state index contributed by atoms with van der Waals surface area (Å²) in [5.74, 6) is 0.506. The molecule has 3 nitrogen and oxygen atoms in total. The zero-order valence-electron chi connectivity index (χ0n) is 13.2.